The van der Waals surface area contributed by atoms with Crippen LogP contribution in [0.2, 0.25) is 0 Å². The number of nitrogens with zero attached hydrogens (tertiary/aromatic N) is 2. The molecule has 0 aromatic carbocycles. The Morgan fingerprint density at radius 2 is 2.19 bits per heavy atom. The molecule has 1 N–H and O–H groups in total. The SMILES string of the molecule is CN1CCOC(CN2CCCC(CO)C2)C1. The summed E-state index contributed by atoms with van der Waals surface area (Å²) in [4.78, 5) is 4.79. The van der Waals surface area contributed by atoms with E-state index in [1.165, 1.54) is 19.4 Å². The fraction of sp³-hybridized carbons (Fsp3) is 1.00. The van der Waals surface area contributed by atoms with Crippen LogP contribution in [-0.4, -0.2) is 74.0 Å². The average Bonchev–Trinajstić information content (AvgIpc) is 2.29. The van der Waals surface area contributed by atoms with Crippen molar-refractivity contribution < 1.29 is 9.84 Å². The molecule has 2 unspecified atom stereocenters. The van der Waals surface area contributed by atoms with Gasteiger partial charge in [-0.25, -0.2) is 0 Å². The van der Waals surface area contributed by atoms with Gasteiger partial charge in [0.25, 0.3) is 0 Å². The lowest BCUT2D eigenvalue weighted by Crippen LogP contribution is -2.48. The minimum atomic E-state index is 0.335. The molecule has 16 heavy (non-hydrogen) atoms. The largest absolute Gasteiger partial charge is 0.396 e. The van der Waals surface area contributed by atoms with Crippen LogP contribution in [0.15, 0.2) is 0 Å². The Kier molecular flexibility index (Phi) is 4.58. The van der Waals surface area contributed by atoms with Crippen LogP contribution in [0.25, 0.3) is 0 Å². The standard InChI is InChI=1S/C12H24N2O2/c1-13-5-6-16-12(8-13)9-14-4-2-3-11(7-14)10-15/h11-12,15H,2-10H2,1H3. The molecule has 2 aliphatic heterocycles. The quantitative estimate of drug-likeness (QED) is 0.739. The van der Waals surface area contributed by atoms with E-state index in [4.69, 9.17) is 4.74 Å². The van der Waals surface area contributed by atoms with E-state index in [-0.39, 0.29) is 0 Å². The van der Waals surface area contributed by atoms with Crippen LogP contribution in [-0.2, 0) is 4.74 Å². The maximum absolute atomic E-state index is 9.19. The molecule has 2 heterocycles. The summed E-state index contributed by atoms with van der Waals surface area (Å²) in [5.74, 6) is 0.482. The highest BCUT2D eigenvalue weighted by molar-refractivity contribution is 4.78. The highest BCUT2D eigenvalue weighted by Gasteiger charge is 2.24. The Morgan fingerprint density at radius 3 is 2.94 bits per heavy atom. The van der Waals surface area contributed by atoms with Crippen LogP contribution >= 0.6 is 0 Å². The van der Waals surface area contributed by atoms with E-state index in [0.29, 0.717) is 18.6 Å². The highest BCUT2D eigenvalue weighted by atomic mass is 16.5. The lowest BCUT2D eigenvalue weighted by Gasteiger charge is -2.37. The number of morpholine rings is 1. The van der Waals surface area contributed by atoms with Crippen molar-refractivity contribution in [2.75, 3.05) is 53.0 Å². The molecule has 0 radical (unpaired) electrons. The zero-order valence-corrected chi connectivity index (χ0v) is 10.3. The minimum Gasteiger partial charge on any atom is -0.396 e. The third-order valence-corrected chi connectivity index (χ3v) is 3.67. The molecular formula is C12H24N2O2. The number of aliphatic hydroxyl groups is 1. The number of hydrogen-bond acceptors (Lipinski definition) is 4. The van der Waals surface area contributed by atoms with Crippen LogP contribution < -0.4 is 0 Å². The van der Waals surface area contributed by atoms with E-state index in [1.54, 1.807) is 0 Å². The third kappa shape index (κ3) is 3.42. The first kappa shape index (κ1) is 12.3. The van der Waals surface area contributed by atoms with Crippen molar-refractivity contribution in [2.24, 2.45) is 5.92 Å². The maximum atomic E-state index is 9.19. The summed E-state index contributed by atoms with van der Waals surface area (Å²) in [6.45, 7) is 6.53. The summed E-state index contributed by atoms with van der Waals surface area (Å²) in [6, 6.07) is 0. The van der Waals surface area contributed by atoms with E-state index < -0.39 is 0 Å². The highest BCUT2D eigenvalue weighted by Crippen LogP contribution is 2.17. The van der Waals surface area contributed by atoms with Crippen molar-refractivity contribution in [3.05, 3.63) is 0 Å². The summed E-state index contributed by atoms with van der Waals surface area (Å²) in [6.07, 6.45) is 2.75. The Balaban J connectivity index is 1.75. The lowest BCUT2D eigenvalue weighted by atomic mass is 9.99. The van der Waals surface area contributed by atoms with Crippen LogP contribution in [0.1, 0.15) is 12.8 Å². The Hall–Kier alpha value is -0.160. The number of likely N-dealkylation sites (N-methyl/N-ethyl adjacent to an activating group) is 1. The average molecular weight is 228 g/mol. The van der Waals surface area contributed by atoms with Gasteiger partial charge in [0, 0.05) is 32.8 Å². The summed E-state index contributed by atoms with van der Waals surface area (Å²) >= 11 is 0. The monoisotopic (exact) mass is 228 g/mol. The minimum absolute atomic E-state index is 0.335. The first-order valence-electron chi connectivity index (χ1n) is 6.41. The predicted molar refractivity (Wildman–Crippen MR) is 63.5 cm³/mol. The van der Waals surface area contributed by atoms with Gasteiger partial charge in [-0.05, 0) is 32.4 Å². The Labute approximate surface area is 98.2 Å². The van der Waals surface area contributed by atoms with Crippen molar-refractivity contribution in [3.8, 4) is 0 Å². The summed E-state index contributed by atoms with van der Waals surface area (Å²) in [5, 5.41) is 9.19. The molecule has 2 aliphatic rings. The fourth-order valence-electron chi connectivity index (χ4n) is 2.73. The number of rotatable bonds is 3. The van der Waals surface area contributed by atoms with Crippen molar-refractivity contribution in [2.45, 2.75) is 18.9 Å². The van der Waals surface area contributed by atoms with Gasteiger partial charge in [0.2, 0.25) is 0 Å². The number of hydrogen-bond donors (Lipinski definition) is 1. The van der Waals surface area contributed by atoms with Crippen LogP contribution in [0, 0.1) is 5.92 Å². The molecule has 0 aromatic rings. The molecule has 0 aromatic heterocycles. The fourth-order valence-corrected chi connectivity index (χ4v) is 2.73. The van der Waals surface area contributed by atoms with E-state index in [0.717, 1.165) is 32.8 Å². The Bertz CT molecular complexity index is 213. The first-order valence-corrected chi connectivity index (χ1v) is 6.41. The molecule has 2 fully saturated rings. The van der Waals surface area contributed by atoms with Gasteiger partial charge in [0.1, 0.15) is 0 Å². The third-order valence-electron chi connectivity index (χ3n) is 3.67. The van der Waals surface area contributed by atoms with E-state index in [2.05, 4.69) is 16.8 Å². The van der Waals surface area contributed by atoms with Gasteiger partial charge in [-0.15, -0.1) is 0 Å². The van der Waals surface area contributed by atoms with Crippen LogP contribution in [0.4, 0.5) is 0 Å². The lowest BCUT2D eigenvalue weighted by molar-refractivity contribution is -0.0419. The van der Waals surface area contributed by atoms with Gasteiger partial charge >= 0.3 is 0 Å². The van der Waals surface area contributed by atoms with Gasteiger partial charge < -0.3 is 19.6 Å². The molecule has 2 atom stereocenters. The van der Waals surface area contributed by atoms with Gasteiger partial charge in [-0.3, -0.25) is 0 Å². The summed E-state index contributed by atoms with van der Waals surface area (Å²) < 4.78 is 5.77. The maximum Gasteiger partial charge on any atom is 0.0829 e. The molecule has 0 aliphatic carbocycles. The van der Waals surface area contributed by atoms with E-state index >= 15 is 0 Å². The van der Waals surface area contributed by atoms with Gasteiger partial charge in [0.05, 0.1) is 12.7 Å². The van der Waals surface area contributed by atoms with Crippen LogP contribution in [0.5, 0.6) is 0 Å². The molecule has 0 spiro atoms. The zero-order valence-electron chi connectivity index (χ0n) is 10.3. The molecule has 4 heteroatoms. The second-order valence-corrected chi connectivity index (χ2v) is 5.21. The molecule has 94 valence electrons. The number of piperidine rings is 1. The molecular weight excluding hydrogens is 204 g/mol. The molecule has 2 rings (SSSR count). The van der Waals surface area contributed by atoms with Crippen LogP contribution in [0.3, 0.4) is 0 Å². The Morgan fingerprint density at radius 1 is 1.31 bits per heavy atom. The number of ether oxygens (including phenoxy) is 1. The van der Waals surface area contributed by atoms with Gasteiger partial charge in [-0.2, -0.15) is 0 Å². The van der Waals surface area contributed by atoms with Crippen molar-refractivity contribution in [1.29, 1.82) is 0 Å². The van der Waals surface area contributed by atoms with Gasteiger partial charge in [-0.1, -0.05) is 0 Å². The summed E-state index contributed by atoms with van der Waals surface area (Å²) in [5.41, 5.74) is 0. The second kappa shape index (κ2) is 5.96. The normalized spacial score (nSPS) is 34.1. The zero-order chi connectivity index (χ0) is 11.4. The second-order valence-electron chi connectivity index (χ2n) is 5.21. The molecule has 2 saturated heterocycles. The predicted octanol–water partition coefficient (Wildman–Crippen LogP) is 0.0213. The first-order chi connectivity index (χ1) is 7.78. The molecule has 0 bridgehead atoms. The number of likely N-dealkylation sites (tertiary alicyclic amines) is 1. The van der Waals surface area contributed by atoms with Crippen molar-refractivity contribution >= 4 is 0 Å². The topological polar surface area (TPSA) is 35.9 Å². The number of aliphatic hydroxyl groups excluding tert-OH is 1. The van der Waals surface area contributed by atoms with E-state index in [1.807, 2.05) is 0 Å². The summed E-state index contributed by atoms with van der Waals surface area (Å²) in [7, 11) is 2.16. The molecule has 0 amide bonds. The smallest absolute Gasteiger partial charge is 0.0829 e. The molecule has 0 saturated carbocycles. The van der Waals surface area contributed by atoms with Crippen molar-refractivity contribution in [3.63, 3.8) is 0 Å². The van der Waals surface area contributed by atoms with Crippen molar-refractivity contribution in [1.82, 2.24) is 9.80 Å². The van der Waals surface area contributed by atoms with Gasteiger partial charge in [0.15, 0.2) is 0 Å². The molecule has 4 nitrogen and oxygen atoms in total. The van der Waals surface area contributed by atoms with E-state index in [9.17, 15) is 5.11 Å².